The highest BCUT2D eigenvalue weighted by molar-refractivity contribution is 9.10. The maximum atomic E-state index is 11.0. The summed E-state index contributed by atoms with van der Waals surface area (Å²) in [6.45, 7) is 3.44. The van der Waals surface area contributed by atoms with Crippen LogP contribution in [0.4, 0.5) is 0 Å². The summed E-state index contributed by atoms with van der Waals surface area (Å²) in [5.74, 6) is 0.0386. The summed E-state index contributed by atoms with van der Waals surface area (Å²) in [7, 11) is 0. The van der Waals surface area contributed by atoms with Gasteiger partial charge in [-0.05, 0) is 25.1 Å². The van der Waals surface area contributed by atoms with Crippen molar-refractivity contribution in [3.63, 3.8) is 0 Å². The molecule has 0 unspecified atom stereocenters. The molecule has 0 saturated carbocycles. The lowest BCUT2D eigenvalue weighted by atomic mass is 10.1. The minimum Gasteiger partial charge on any atom is -0.492 e. The zero-order valence-electron chi connectivity index (χ0n) is 9.52. The maximum Gasteiger partial charge on any atom is 0.320 e. The van der Waals surface area contributed by atoms with Crippen LogP contribution >= 0.6 is 15.9 Å². The molecular weight excluding hydrogens is 286 g/mol. The molecule has 2 rings (SSSR count). The van der Waals surface area contributed by atoms with Gasteiger partial charge in [-0.2, -0.15) is 0 Å². The van der Waals surface area contributed by atoms with Crippen molar-refractivity contribution in [3.05, 3.63) is 28.2 Å². The highest BCUT2D eigenvalue weighted by atomic mass is 79.9. The molecule has 1 atom stereocenters. The van der Waals surface area contributed by atoms with E-state index in [0.29, 0.717) is 19.7 Å². The van der Waals surface area contributed by atoms with Crippen molar-refractivity contribution < 1.29 is 14.6 Å². The second kappa shape index (κ2) is 5.06. The van der Waals surface area contributed by atoms with Gasteiger partial charge in [0, 0.05) is 23.1 Å². The first kappa shape index (κ1) is 12.4. The molecule has 0 aromatic heterocycles. The Hall–Kier alpha value is -1.07. The summed E-state index contributed by atoms with van der Waals surface area (Å²) < 4.78 is 6.58. The Balaban J connectivity index is 2.24. The van der Waals surface area contributed by atoms with Crippen LogP contribution < -0.4 is 4.74 Å². The number of halogens is 1. The molecule has 5 heteroatoms. The van der Waals surface area contributed by atoms with Gasteiger partial charge in [0.05, 0.1) is 0 Å². The van der Waals surface area contributed by atoms with Gasteiger partial charge in [0.2, 0.25) is 0 Å². The molecule has 1 aromatic rings. The molecule has 1 aromatic carbocycles. The number of rotatable bonds is 2. The molecule has 0 spiro atoms. The Bertz CT molecular complexity index is 436. The van der Waals surface area contributed by atoms with E-state index < -0.39 is 12.0 Å². The van der Waals surface area contributed by atoms with Crippen LogP contribution in [0.5, 0.6) is 5.75 Å². The van der Waals surface area contributed by atoms with Gasteiger partial charge in [-0.3, -0.25) is 9.69 Å². The molecule has 0 amide bonds. The molecule has 0 aliphatic carbocycles. The quantitative estimate of drug-likeness (QED) is 0.909. The van der Waals surface area contributed by atoms with Gasteiger partial charge in [-0.1, -0.05) is 15.9 Å². The number of carboxylic acids is 1. The predicted molar refractivity (Wildman–Crippen MR) is 67.1 cm³/mol. The maximum absolute atomic E-state index is 11.0. The second-order valence-corrected chi connectivity index (χ2v) is 5.00. The van der Waals surface area contributed by atoms with Crippen LogP contribution in [0.2, 0.25) is 0 Å². The fourth-order valence-electron chi connectivity index (χ4n) is 1.87. The molecule has 1 heterocycles. The Morgan fingerprint density at radius 3 is 3.06 bits per heavy atom. The SMILES string of the molecule is C[C@H](C(=O)O)N1CCOc2ccc(Br)cc2C1. The smallest absolute Gasteiger partial charge is 0.320 e. The number of fused-ring (bicyclic) bond motifs is 1. The number of aliphatic carboxylic acids is 1. The van der Waals surface area contributed by atoms with Crippen molar-refractivity contribution in [2.75, 3.05) is 13.2 Å². The summed E-state index contributed by atoms with van der Waals surface area (Å²) in [5.41, 5.74) is 1.02. The molecule has 1 N–H and O–H groups in total. The van der Waals surface area contributed by atoms with Gasteiger partial charge in [-0.25, -0.2) is 0 Å². The van der Waals surface area contributed by atoms with Crippen molar-refractivity contribution >= 4 is 21.9 Å². The predicted octanol–water partition coefficient (Wildman–Crippen LogP) is 2.12. The fraction of sp³-hybridized carbons (Fsp3) is 0.417. The molecule has 1 aliphatic heterocycles. The molecule has 4 nitrogen and oxygen atoms in total. The Labute approximate surface area is 108 Å². The van der Waals surface area contributed by atoms with Crippen LogP contribution in [-0.2, 0) is 11.3 Å². The number of benzene rings is 1. The number of hydrogen-bond acceptors (Lipinski definition) is 3. The lowest BCUT2D eigenvalue weighted by molar-refractivity contribution is -0.142. The van der Waals surface area contributed by atoms with E-state index in [1.807, 2.05) is 23.1 Å². The molecule has 92 valence electrons. The minimum absolute atomic E-state index is 0.497. The van der Waals surface area contributed by atoms with Crippen molar-refractivity contribution in [1.82, 2.24) is 4.90 Å². The molecule has 0 saturated heterocycles. The average molecular weight is 300 g/mol. The summed E-state index contributed by atoms with van der Waals surface area (Å²) in [6, 6.07) is 5.31. The van der Waals surface area contributed by atoms with Gasteiger partial charge < -0.3 is 9.84 Å². The van der Waals surface area contributed by atoms with Gasteiger partial charge in [0.1, 0.15) is 18.4 Å². The first-order valence-electron chi connectivity index (χ1n) is 5.46. The average Bonchev–Trinajstić information content (AvgIpc) is 2.49. The van der Waals surface area contributed by atoms with E-state index in [0.717, 1.165) is 15.8 Å². The van der Waals surface area contributed by atoms with E-state index >= 15 is 0 Å². The van der Waals surface area contributed by atoms with Gasteiger partial charge in [0.15, 0.2) is 0 Å². The lowest BCUT2D eigenvalue weighted by Crippen LogP contribution is -2.39. The summed E-state index contributed by atoms with van der Waals surface area (Å²) >= 11 is 3.41. The standard InChI is InChI=1S/C12H14BrNO3/c1-8(12(15)16)14-4-5-17-11-3-2-10(13)6-9(11)7-14/h2-3,6,8H,4-5,7H2,1H3,(H,15,16)/t8-/m1/s1. The highest BCUT2D eigenvalue weighted by Gasteiger charge is 2.24. The molecular formula is C12H14BrNO3. The summed E-state index contributed by atoms with van der Waals surface area (Å²) in [6.07, 6.45) is 0. The van der Waals surface area contributed by atoms with Crippen LogP contribution in [-0.4, -0.2) is 35.2 Å². The third-order valence-electron chi connectivity index (χ3n) is 2.94. The number of carboxylic acid groups (broad SMARTS) is 1. The van der Waals surface area contributed by atoms with Crippen LogP contribution in [0.15, 0.2) is 22.7 Å². The van der Waals surface area contributed by atoms with Crippen LogP contribution in [0.1, 0.15) is 12.5 Å². The first-order valence-corrected chi connectivity index (χ1v) is 6.25. The first-order chi connectivity index (χ1) is 8.08. The van der Waals surface area contributed by atoms with E-state index in [1.54, 1.807) is 6.92 Å². The van der Waals surface area contributed by atoms with Gasteiger partial charge in [0.25, 0.3) is 0 Å². The van der Waals surface area contributed by atoms with Crippen molar-refractivity contribution in [2.45, 2.75) is 19.5 Å². The van der Waals surface area contributed by atoms with E-state index in [9.17, 15) is 4.79 Å². The normalized spacial score (nSPS) is 17.8. The van der Waals surface area contributed by atoms with Crippen LogP contribution in [0, 0.1) is 0 Å². The minimum atomic E-state index is -0.802. The van der Waals surface area contributed by atoms with E-state index in [2.05, 4.69) is 15.9 Å². The van der Waals surface area contributed by atoms with E-state index in [1.165, 1.54) is 0 Å². The summed E-state index contributed by atoms with van der Waals surface area (Å²) in [5, 5.41) is 9.04. The number of hydrogen-bond donors (Lipinski definition) is 1. The second-order valence-electron chi connectivity index (χ2n) is 4.09. The largest absolute Gasteiger partial charge is 0.492 e. The third kappa shape index (κ3) is 2.79. The fourth-order valence-corrected chi connectivity index (χ4v) is 2.28. The molecule has 0 bridgehead atoms. The Morgan fingerprint density at radius 1 is 1.59 bits per heavy atom. The molecule has 1 aliphatic rings. The molecule has 0 radical (unpaired) electrons. The van der Waals surface area contributed by atoms with Gasteiger partial charge in [-0.15, -0.1) is 0 Å². The zero-order chi connectivity index (χ0) is 12.4. The van der Waals surface area contributed by atoms with Crippen LogP contribution in [0.3, 0.4) is 0 Å². The third-order valence-corrected chi connectivity index (χ3v) is 3.43. The topological polar surface area (TPSA) is 49.8 Å². The molecule has 0 fully saturated rings. The highest BCUT2D eigenvalue weighted by Crippen LogP contribution is 2.27. The number of ether oxygens (including phenoxy) is 1. The number of nitrogens with zero attached hydrogens (tertiary/aromatic N) is 1. The zero-order valence-corrected chi connectivity index (χ0v) is 11.1. The van der Waals surface area contributed by atoms with Crippen molar-refractivity contribution in [2.24, 2.45) is 0 Å². The lowest BCUT2D eigenvalue weighted by Gasteiger charge is -2.23. The van der Waals surface area contributed by atoms with Crippen molar-refractivity contribution in [3.8, 4) is 5.75 Å². The number of carbonyl (C=O) groups is 1. The Morgan fingerprint density at radius 2 is 2.35 bits per heavy atom. The van der Waals surface area contributed by atoms with E-state index in [4.69, 9.17) is 9.84 Å². The Kier molecular flexibility index (Phi) is 3.69. The monoisotopic (exact) mass is 299 g/mol. The van der Waals surface area contributed by atoms with Crippen LogP contribution in [0.25, 0.3) is 0 Å². The van der Waals surface area contributed by atoms with Crippen molar-refractivity contribution in [1.29, 1.82) is 0 Å². The van der Waals surface area contributed by atoms with Gasteiger partial charge >= 0.3 is 5.97 Å². The molecule has 17 heavy (non-hydrogen) atoms. The van der Waals surface area contributed by atoms with E-state index in [-0.39, 0.29) is 0 Å². The summed E-state index contributed by atoms with van der Waals surface area (Å²) in [4.78, 5) is 12.9.